The van der Waals surface area contributed by atoms with Crippen LogP contribution in [0.3, 0.4) is 0 Å². The highest BCUT2D eigenvalue weighted by molar-refractivity contribution is 7.99. The Hall–Kier alpha value is -0.670. The molecule has 1 unspecified atom stereocenters. The van der Waals surface area contributed by atoms with Gasteiger partial charge in [0.2, 0.25) is 0 Å². The smallest absolute Gasteiger partial charge is 0.0507 e. The Morgan fingerprint density at radius 2 is 2.29 bits per heavy atom. The average molecular weight is 250 g/mol. The maximum Gasteiger partial charge on any atom is 0.0507 e. The fourth-order valence-corrected chi connectivity index (χ4v) is 3.41. The van der Waals surface area contributed by atoms with Gasteiger partial charge in [0.1, 0.15) is 0 Å². The maximum atomic E-state index is 3.24. The van der Waals surface area contributed by atoms with E-state index in [1.54, 1.807) is 0 Å². The molecule has 1 heterocycles. The van der Waals surface area contributed by atoms with Gasteiger partial charge in [0.25, 0.3) is 0 Å². The Balaban J connectivity index is 2.24. The summed E-state index contributed by atoms with van der Waals surface area (Å²) in [6, 6.07) is 7.56. The number of hydrogen-bond donors (Lipinski definition) is 1. The third-order valence-corrected chi connectivity index (χ3v) is 4.64. The van der Waals surface area contributed by atoms with Crippen LogP contribution in [0.15, 0.2) is 23.1 Å². The van der Waals surface area contributed by atoms with E-state index in [4.69, 9.17) is 0 Å². The molecule has 0 fully saturated rings. The lowest BCUT2D eigenvalue weighted by molar-refractivity contribution is 0.648. The van der Waals surface area contributed by atoms with Gasteiger partial charge in [0.05, 0.1) is 5.69 Å². The quantitative estimate of drug-likeness (QED) is 0.884. The number of hydrogen-bond acceptors (Lipinski definition) is 3. The second-order valence-electron chi connectivity index (χ2n) is 4.61. The minimum absolute atomic E-state index is 0.633. The Labute approximate surface area is 109 Å². The molecule has 0 bridgehead atoms. The lowest BCUT2D eigenvalue weighted by Gasteiger charge is -2.36. The first-order valence-electron chi connectivity index (χ1n) is 6.43. The van der Waals surface area contributed by atoms with Crippen LogP contribution in [0.4, 0.5) is 5.69 Å². The summed E-state index contributed by atoms with van der Waals surface area (Å²) in [5.41, 5.74) is 2.86. The van der Waals surface area contributed by atoms with E-state index in [2.05, 4.69) is 42.3 Å². The molecule has 0 saturated carbocycles. The largest absolute Gasteiger partial charge is 0.366 e. The van der Waals surface area contributed by atoms with Gasteiger partial charge >= 0.3 is 0 Å². The fourth-order valence-electron chi connectivity index (χ4n) is 2.24. The molecule has 1 atom stereocenters. The van der Waals surface area contributed by atoms with Crippen molar-refractivity contribution in [2.75, 3.05) is 30.8 Å². The zero-order chi connectivity index (χ0) is 12.3. The van der Waals surface area contributed by atoms with E-state index in [1.165, 1.54) is 21.9 Å². The van der Waals surface area contributed by atoms with Crippen molar-refractivity contribution in [1.29, 1.82) is 0 Å². The van der Waals surface area contributed by atoms with Crippen molar-refractivity contribution in [2.24, 2.45) is 0 Å². The number of nitrogens with one attached hydrogen (secondary N) is 1. The van der Waals surface area contributed by atoms with Gasteiger partial charge < -0.3 is 10.2 Å². The van der Waals surface area contributed by atoms with Crippen LogP contribution in [-0.2, 0) is 6.42 Å². The molecular weight excluding hydrogens is 228 g/mol. The van der Waals surface area contributed by atoms with Crippen LogP contribution in [0.1, 0.15) is 19.4 Å². The molecule has 1 N–H and O–H groups in total. The molecule has 0 aromatic heterocycles. The molecule has 94 valence electrons. The predicted octanol–water partition coefficient (Wildman–Crippen LogP) is 2.77. The van der Waals surface area contributed by atoms with Gasteiger partial charge in [-0.2, -0.15) is 0 Å². The first-order valence-corrected chi connectivity index (χ1v) is 7.41. The summed E-state index contributed by atoms with van der Waals surface area (Å²) >= 11 is 2.00. The first-order chi connectivity index (χ1) is 8.26. The van der Waals surface area contributed by atoms with Crippen LogP contribution in [0.5, 0.6) is 0 Å². The van der Waals surface area contributed by atoms with Crippen LogP contribution in [0, 0.1) is 0 Å². The van der Waals surface area contributed by atoms with Crippen molar-refractivity contribution in [2.45, 2.75) is 31.2 Å². The summed E-state index contributed by atoms with van der Waals surface area (Å²) in [7, 11) is 2.02. The normalized spacial score (nSPS) is 19.2. The van der Waals surface area contributed by atoms with E-state index in [0.29, 0.717) is 6.04 Å². The highest BCUT2D eigenvalue weighted by Gasteiger charge is 2.22. The third-order valence-electron chi connectivity index (χ3n) is 3.36. The number of thioether (sulfide) groups is 1. The monoisotopic (exact) mass is 250 g/mol. The highest BCUT2D eigenvalue weighted by Crippen LogP contribution is 2.37. The zero-order valence-corrected chi connectivity index (χ0v) is 11.8. The number of nitrogens with zero attached hydrogens (tertiary/aromatic N) is 1. The van der Waals surface area contributed by atoms with Gasteiger partial charge in [-0.3, -0.25) is 0 Å². The number of fused-ring (bicyclic) bond motifs is 1. The Bertz CT molecular complexity index is 378. The summed E-state index contributed by atoms with van der Waals surface area (Å²) < 4.78 is 0. The van der Waals surface area contributed by atoms with Gasteiger partial charge in [0.15, 0.2) is 0 Å². The van der Waals surface area contributed by atoms with Crippen LogP contribution < -0.4 is 10.2 Å². The predicted molar refractivity (Wildman–Crippen MR) is 77.3 cm³/mol. The molecule has 0 saturated heterocycles. The molecular formula is C14H22N2S. The van der Waals surface area contributed by atoms with Crippen molar-refractivity contribution in [1.82, 2.24) is 5.32 Å². The molecule has 1 aromatic carbocycles. The first kappa shape index (κ1) is 12.8. The van der Waals surface area contributed by atoms with Crippen molar-refractivity contribution >= 4 is 17.4 Å². The molecule has 2 rings (SSSR count). The van der Waals surface area contributed by atoms with Crippen molar-refractivity contribution < 1.29 is 0 Å². The van der Waals surface area contributed by atoms with Crippen molar-refractivity contribution in [3.8, 4) is 0 Å². The van der Waals surface area contributed by atoms with E-state index < -0.39 is 0 Å². The van der Waals surface area contributed by atoms with Crippen molar-refractivity contribution in [3.05, 3.63) is 23.8 Å². The highest BCUT2D eigenvalue weighted by atomic mass is 32.2. The fraction of sp³-hybridized carbons (Fsp3) is 0.571. The van der Waals surface area contributed by atoms with Crippen LogP contribution >= 0.6 is 11.8 Å². The topological polar surface area (TPSA) is 15.3 Å². The van der Waals surface area contributed by atoms with Crippen molar-refractivity contribution in [3.63, 3.8) is 0 Å². The van der Waals surface area contributed by atoms with E-state index in [9.17, 15) is 0 Å². The van der Waals surface area contributed by atoms with Crippen LogP contribution in [0.25, 0.3) is 0 Å². The summed E-state index contributed by atoms with van der Waals surface area (Å²) in [4.78, 5) is 3.99. The minimum Gasteiger partial charge on any atom is -0.366 e. The molecule has 0 aliphatic carbocycles. The Morgan fingerprint density at radius 1 is 1.47 bits per heavy atom. The number of anilines is 1. The Morgan fingerprint density at radius 3 is 3.00 bits per heavy atom. The number of rotatable bonds is 4. The zero-order valence-electron chi connectivity index (χ0n) is 11.0. The van der Waals surface area contributed by atoms with Gasteiger partial charge in [-0.05, 0) is 38.1 Å². The molecule has 1 aliphatic rings. The molecule has 0 radical (unpaired) electrons. The van der Waals surface area contributed by atoms with Crippen LogP contribution in [-0.4, -0.2) is 31.9 Å². The number of likely N-dealkylation sites (N-methyl/N-ethyl adjacent to an activating group) is 1. The maximum absolute atomic E-state index is 3.24. The Kier molecular flexibility index (Phi) is 4.35. The summed E-state index contributed by atoms with van der Waals surface area (Å²) in [6.45, 7) is 6.68. The molecule has 0 spiro atoms. The van der Waals surface area contributed by atoms with Gasteiger partial charge in [0, 0.05) is 29.8 Å². The number of benzene rings is 1. The van der Waals surface area contributed by atoms with Gasteiger partial charge in [-0.1, -0.05) is 13.0 Å². The molecule has 2 nitrogen and oxygen atoms in total. The number of aryl methyl sites for hydroxylation is 1. The van der Waals surface area contributed by atoms with E-state index in [-0.39, 0.29) is 0 Å². The van der Waals surface area contributed by atoms with Crippen LogP contribution in [0.2, 0.25) is 0 Å². The average Bonchev–Trinajstić information content (AvgIpc) is 2.37. The molecule has 1 aromatic rings. The SMILES string of the molecule is CCc1ccc2c(c1)SCC(C)N2CCNC. The lowest BCUT2D eigenvalue weighted by Crippen LogP contribution is -2.41. The van der Waals surface area contributed by atoms with Gasteiger partial charge in [-0.25, -0.2) is 0 Å². The standard InChI is InChI=1S/C14H22N2S/c1-4-12-5-6-13-14(9-12)17-10-11(2)16(13)8-7-15-3/h5-6,9,11,15H,4,7-8,10H2,1-3H3. The molecule has 3 heteroatoms. The van der Waals surface area contributed by atoms with E-state index in [0.717, 1.165) is 19.5 Å². The third kappa shape index (κ3) is 2.78. The summed E-state index contributed by atoms with van der Waals surface area (Å²) in [6.07, 6.45) is 1.12. The molecule has 1 aliphatic heterocycles. The minimum atomic E-state index is 0.633. The lowest BCUT2D eigenvalue weighted by atomic mass is 10.1. The van der Waals surface area contributed by atoms with E-state index >= 15 is 0 Å². The second-order valence-corrected chi connectivity index (χ2v) is 5.67. The molecule has 0 amide bonds. The summed E-state index contributed by atoms with van der Waals surface area (Å²) in [5.74, 6) is 1.20. The molecule has 17 heavy (non-hydrogen) atoms. The van der Waals surface area contributed by atoms with Gasteiger partial charge in [-0.15, -0.1) is 11.8 Å². The second kappa shape index (κ2) is 5.78. The summed E-state index contributed by atoms with van der Waals surface area (Å²) in [5, 5.41) is 3.24. The van der Waals surface area contributed by atoms with E-state index in [1.807, 2.05) is 18.8 Å².